The number of thiazole rings is 1. The molecule has 6 heteroatoms. The van der Waals surface area contributed by atoms with Crippen LogP contribution in [0, 0.1) is 13.8 Å². The molecule has 138 valence electrons. The average molecular weight is 378 g/mol. The van der Waals surface area contributed by atoms with Crippen molar-refractivity contribution in [2.45, 2.75) is 26.3 Å². The van der Waals surface area contributed by atoms with Crippen molar-refractivity contribution in [2.75, 3.05) is 11.9 Å². The van der Waals surface area contributed by atoms with E-state index in [4.69, 9.17) is 5.73 Å². The lowest BCUT2D eigenvalue weighted by Gasteiger charge is -2.12. The highest BCUT2D eigenvalue weighted by Crippen LogP contribution is 2.34. The van der Waals surface area contributed by atoms with Gasteiger partial charge in [-0.3, -0.25) is 5.10 Å². The van der Waals surface area contributed by atoms with Crippen LogP contribution in [0.4, 0.5) is 5.13 Å². The molecular formula is C21H23N5S. The molecule has 0 saturated carbocycles. The Labute approximate surface area is 162 Å². The zero-order valence-corrected chi connectivity index (χ0v) is 16.3. The van der Waals surface area contributed by atoms with Gasteiger partial charge in [0.2, 0.25) is 0 Å². The first-order valence-electron chi connectivity index (χ1n) is 9.06. The Kier molecular flexibility index (Phi) is 4.92. The highest BCUT2D eigenvalue weighted by atomic mass is 32.1. The minimum Gasteiger partial charge on any atom is -0.360 e. The fraction of sp³-hybridized carbons (Fsp3) is 0.238. The lowest BCUT2D eigenvalue weighted by Crippen LogP contribution is -2.31. The van der Waals surface area contributed by atoms with Crippen molar-refractivity contribution in [3.8, 4) is 10.4 Å². The number of hydrogen-bond acceptors (Lipinski definition) is 5. The van der Waals surface area contributed by atoms with Crippen LogP contribution in [-0.4, -0.2) is 27.8 Å². The zero-order valence-electron chi connectivity index (χ0n) is 15.5. The molecule has 4 N–H and O–H groups in total. The normalized spacial score (nSPS) is 12.4. The molecule has 2 aromatic carbocycles. The number of rotatable bonds is 6. The largest absolute Gasteiger partial charge is 0.360 e. The maximum atomic E-state index is 6.28. The second-order valence-electron chi connectivity index (χ2n) is 6.84. The van der Waals surface area contributed by atoms with Gasteiger partial charge < -0.3 is 11.1 Å². The number of hydrogen-bond donors (Lipinski definition) is 3. The van der Waals surface area contributed by atoms with E-state index in [-0.39, 0.29) is 6.04 Å². The molecule has 0 saturated heterocycles. The number of fused-ring (bicyclic) bond motifs is 1. The van der Waals surface area contributed by atoms with Gasteiger partial charge in [-0.1, -0.05) is 47.7 Å². The third-order valence-electron chi connectivity index (χ3n) is 4.66. The molecule has 5 nitrogen and oxygen atoms in total. The van der Waals surface area contributed by atoms with Gasteiger partial charge in [0.05, 0.1) is 16.1 Å². The predicted molar refractivity (Wildman–Crippen MR) is 113 cm³/mol. The van der Waals surface area contributed by atoms with Crippen LogP contribution in [0.1, 0.15) is 17.0 Å². The summed E-state index contributed by atoms with van der Waals surface area (Å²) in [5.74, 6) is 0. The molecule has 0 amide bonds. The van der Waals surface area contributed by atoms with Crippen LogP contribution in [0.15, 0.2) is 48.5 Å². The number of aryl methyl sites for hydroxylation is 2. The van der Waals surface area contributed by atoms with Crippen LogP contribution in [0.2, 0.25) is 0 Å². The zero-order chi connectivity index (χ0) is 18.8. The summed E-state index contributed by atoms with van der Waals surface area (Å²) >= 11 is 1.67. The van der Waals surface area contributed by atoms with Gasteiger partial charge >= 0.3 is 0 Å². The summed E-state index contributed by atoms with van der Waals surface area (Å²) in [6, 6.07) is 16.7. The molecule has 0 aliphatic carbocycles. The number of aromatic nitrogens is 3. The fourth-order valence-corrected chi connectivity index (χ4v) is 4.20. The van der Waals surface area contributed by atoms with E-state index in [2.05, 4.69) is 50.8 Å². The molecule has 0 bridgehead atoms. The number of nitrogens with zero attached hydrogens (tertiary/aromatic N) is 2. The van der Waals surface area contributed by atoms with Crippen LogP contribution in [0.5, 0.6) is 0 Å². The van der Waals surface area contributed by atoms with Crippen molar-refractivity contribution in [1.29, 1.82) is 0 Å². The van der Waals surface area contributed by atoms with Crippen LogP contribution >= 0.6 is 11.3 Å². The van der Waals surface area contributed by atoms with Crippen molar-refractivity contribution in [1.82, 2.24) is 15.2 Å². The molecular weight excluding hydrogens is 354 g/mol. The van der Waals surface area contributed by atoms with Crippen molar-refractivity contribution < 1.29 is 0 Å². The Morgan fingerprint density at radius 3 is 2.78 bits per heavy atom. The van der Waals surface area contributed by atoms with E-state index >= 15 is 0 Å². The molecule has 2 aromatic heterocycles. The second kappa shape index (κ2) is 7.50. The summed E-state index contributed by atoms with van der Waals surface area (Å²) in [5.41, 5.74) is 11.8. The SMILES string of the molecule is Cc1nc(NCC(N)Cc2ccccc2)sc1-c1ccc2n[nH]c(C)c2c1. The average Bonchev–Trinajstić information content (AvgIpc) is 3.23. The predicted octanol–water partition coefficient (Wildman–Crippen LogP) is 4.29. The van der Waals surface area contributed by atoms with Gasteiger partial charge in [-0.05, 0) is 43.5 Å². The van der Waals surface area contributed by atoms with Crippen LogP contribution in [-0.2, 0) is 6.42 Å². The standard InChI is InChI=1S/C21H23N5S/c1-13-18-11-16(8-9-19(18)26-25-13)20-14(2)24-21(27-20)23-12-17(22)10-15-6-4-3-5-7-15/h3-9,11,17H,10,12,22H2,1-2H3,(H,23,24)(H,25,26). The van der Waals surface area contributed by atoms with E-state index in [0.717, 1.165) is 33.8 Å². The number of nitrogens with two attached hydrogens (primary N) is 1. The summed E-state index contributed by atoms with van der Waals surface area (Å²) in [6.07, 6.45) is 0.849. The number of anilines is 1. The van der Waals surface area contributed by atoms with E-state index < -0.39 is 0 Å². The fourth-order valence-electron chi connectivity index (χ4n) is 3.23. The molecule has 27 heavy (non-hydrogen) atoms. The van der Waals surface area contributed by atoms with E-state index in [1.54, 1.807) is 11.3 Å². The van der Waals surface area contributed by atoms with E-state index in [1.165, 1.54) is 16.0 Å². The van der Waals surface area contributed by atoms with Gasteiger partial charge in [0.1, 0.15) is 0 Å². The van der Waals surface area contributed by atoms with Gasteiger partial charge in [-0.15, -0.1) is 0 Å². The summed E-state index contributed by atoms with van der Waals surface area (Å²) < 4.78 is 0. The minimum atomic E-state index is 0.0463. The number of H-pyrrole nitrogens is 1. The van der Waals surface area contributed by atoms with Crippen molar-refractivity contribution >= 4 is 27.4 Å². The maximum absolute atomic E-state index is 6.28. The molecule has 4 aromatic rings. The van der Waals surface area contributed by atoms with Crippen LogP contribution in [0.25, 0.3) is 21.3 Å². The smallest absolute Gasteiger partial charge is 0.183 e. The van der Waals surface area contributed by atoms with Crippen molar-refractivity contribution in [2.24, 2.45) is 5.73 Å². The molecule has 4 rings (SSSR count). The van der Waals surface area contributed by atoms with Crippen molar-refractivity contribution in [3.63, 3.8) is 0 Å². The molecule has 1 unspecified atom stereocenters. The summed E-state index contributed by atoms with van der Waals surface area (Å²) in [4.78, 5) is 5.86. The van der Waals surface area contributed by atoms with E-state index in [0.29, 0.717) is 6.54 Å². The van der Waals surface area contributed by atoms with Crippen molar-refractivity contribution in [3.05, 3.63) is 65.5 Å². The van der Waals surface area contributed by atoms with Gasteiger partial charge in [0, 0.05) is 23.7 Å². The Hall–Kier alpha value is -2.70. The van der Waals surface area contributed by atoms with Gasteiger partial charge in [0.15, 0.2) is 5.13 Å². The first-order valence-corrected chi connectivity index (χ1v) is 9.87. The van der Waals surface area contributed by atoms with E-state index in [9.17, 15) is 0 Å². The second-order valence-corrected chi connectivity index (χ2v) is 7.84. The highest BCUT2D eigenvalue weighted by Gasteiger charge is 2.13. The Morgan fingerprint density at radius 1 is 1.15 bits per heavy atom. The Bertz CT molecular complexity index is 1050. The van der Waals surface area contributed by atoms with Gasteiger partial charge in [0.25, 0.3) is 0 Å². The minimum absolute atomic E-state index is 0.0463. The highest BCUT2D eigenvalue weighted by molar-refractivity contribution is 7.19. The lowest BCUT2D eigenvalue weighted by atomic mass is 10.1. The molecule has 0 aliphatic heterocycles. The molecule has 0 spiro atoms. The van der Waals surface area contributed by atoms with Gasteiger partial charge in [-0.25, -0.2) is 4.98 Å². The Balaban J connectivity index is 1.46. The topological polar surface area (TPSA) is 79.6 Å². The summed E-state index contributed by atoms with van der Waals surface area (Å²) in [5, 5.41) is 12.8. The van der Waals surface area contributed by atoms with Gasteiger partial charge in [-0.2, -0.15) is 5.10 Å². The molecule has 0 fully saturated rings. The van der Waals surface area contributed by atoms with E-state index in [1.807, 2.05) is 32.0 Å². The quantitative estimate of drug-likeness (QED) is 0.468. The van der Waals surface area contributed by atoms with Crippen LogP contribution < -0.4 is 11.1 Å². The van der Waals surface area contributed by atoms with Crippen LogP contribution in [0.3, 0.4) is 0 Å². The third kappa shape index (κ3) is 3.86. The lowest BCUT2D eigenvalue weighted by molar-refractivity contribution is 0.699. The first-order chi connectivity index (χ1) is 13.1. The summed E-state index contributed by atoms with van der Waals surface area (Å²) in [7, 11) is 0. The monoisotopic (exact) mass is 377 g/mol. The first kappa shape index (κ1) is 17.7. The number of nitrogens with one attached hydrogen (secondary N) is 2. The maximum Gasteiger partial charge on any atom is 0.183 e. The summed E-state index contributed by atoms with van der Waals surface area (Å²) in [6.45, 7) is 4.79. The molecule has 1 atom stereocenters. The number of benzene rings is 2. The molecule has 0 radical (unpaired) electrons. The molecule has 2 heterocycles. The third-order valence-corrected chi connectivity index (χ3v) is 5.82. The molecule has 0 aliphatic rings. The Morgan fingerprint density at radius 2 is 1.96 bits per heavy atom. The number of aromatic amines is 1.